The van der Waals surface area contributed by atoms with E-state index in [0.717, 1.165) is 53.3 Å². The van der Waals surface area contributed by atoms with Gasteiger partial charge in [-0.2, -0.15) is 0 Å². The van der Waals surface area contributed by atoms with Crippen molar-refractivity contribution in [2.45, 2.75) is 6.92 Å². The fraction of sp³-hybridized carbons (Fsp3) is 0.409. The summed E-state index contributed by atoms with van der Waals surface area (Å²) < 4.78 is 16.5. The highest BCUT2D eigenvalue weighted by Crippen LogP contribution is 2.44. The first-order chi connectivity index (χ1) is 15.0. The van der Waals surface area contributed by atoms with Crippen LogP contribution in [0.1, 0.15) is 5.56 Å². The quantitative estimate of drug-likeness (QED) is 0.557. The highest BCUT2D eigenvalue weighted by atomic mass is 32.1. The Balaban J connectivity index is 1.93. The molecule has 8 nitrogen and oxygen atoms in total. The minimum Gasteiger partial charge on any atom is -0.493 e. The van der Waals surface area contributed by atoms with E-state index in [4.69, 9.17) is 30.8 Å². The van der Waals surface area contributed by atoms with Crippen LogP contribution in [-0.4, -0.2) is 69.4 Å². The van der Waals surface area contributed by atoms with E-state index in [1.807, 2.05) is 19.1 Å². The summed E-state index contributed by atoms with van der Waals surface area (Å²) >= 11 is 1.41. The van der Waals surface area contributed by atoms with E-state index in [1.165, 1.54) is 11.3 Å². The van der Waals surface area contributed by atoms with Crippen LogP contribution in [0.4, 0.5) is 10.8 Å². The lowest BCUT2D eigenvalue weighted by Crippen LogP contribution is -2.45. The Morgan fingerprint density at radius 1 is 1.00 bits per heavy atom. The lowest BCUT2D eigenvalue weighted by atomic mass is 10.1. The molecule has 0 aliphatic carbocycles. The summed E-state index contributed by atoms with van der Waals surface area (Å²) in [6.45, 7) is 13.2. The zero-order valence-corrected chi connectivity index (χ0v) is 19.2. The highest BCUT2D eigenvalue weighted by Gasteiger charge is 2.24. The molecule has 9 heteroatoms. The first kappa shape index (κ1) is 21.2. The average molecular weight is 440 g/mol. The van der Waals surface area contributed by atoms with E-state index >= 15 is 0 Å². The fourth-order valence-corrected chi connectivity index (χ4v) is 4.76. The maximum absolute atomic E-state index is 7.55. The molecule has 0 unspecified atom stereocenters. The number of methoxy groups -OCH3 is 3. The van der Waals surface area contributed by atoms with Gasteiger partial charge in [0.2, 0.25) is 10.8 Å². The number of nitrogens with zero attached hydrogens (tertiary/aromatic N) is 5. The van der Waals surface area contributed by atoms with Crippen LogP contribution in [0.3, 0.4) is 0 Å². The lowest BCUT2D eigenvalue weighted by Gasteiger charge is -2.33. The molecular formula is C22H25N5O3S. The van der Waals surface area contributed by atoms with E-state index in [1.54, 1.807) is 21.3 Å². The van der Waals surface area contributed by atoms with E-state index in [0.29, 0.717) is 28.1 Å². The third kappa shape index (κ3) is 3.73. The van der Waals surface area contributed by atoms with Gasteiger partial charge in [0.25, 0.3) is 0 Å². The molecule has 1 aliphatic heterocycles. The first-order valence-electron chi connectivity index (χ1n) is 9.93. The van der Waals surface area contributed by atoms with Gasteiger partial charge in [0, 0.05) is 37.1 Å². The summed E-state index contributed by atoms with van der Waals surface area (Å²) in [5, 5.41) is 1.62. The second-order valence-electron chi connectivity index (χ2n) is 7.40. The second-order valence-corrected chi connectivity index (χ2v) is 8.38. The molecule has 0 atom stereocenters. The van der Waals surface area contributed by atoms with Crippen molar-refractivity contribution in [3.63, 3.8) is 0 Å². The molecule has 0 spiro atoms. The number of likely N-dealkylation sites (N-methyl/N-ethyl adjacent to an activating group) is 1. The molecule has 1 fully saturated rings. The highest BCUT2D eigenvalue weighted by molar-refractivity contribution is 7.22. The van der Waals surface area contributed by atoms with Crippen molar-refractivity contribution in [1.29, 1.82) is 0 Å². The minimum atomic E-state index is 0.524. The van der Waals surface area contributed by atoms with Gasteiger partial charge in [-0.05, 0) is 31.7 Å². The van der Waals surface area contributed by atoms with E-state index < -0.39 is 0 Å². The van der Waals surface area contributed by atoms with E-state index in [2.05, 4.69) is 21.7 Å². The molecule has 4 rings (SSSR count). The molecule has 3 heterocycles. The number of ether oxygens (including phenoxy) is 3. The third-order valence-electron chi connectivity index (χ3n) is 5.57. The Labute approximate surface area is 185 Å². The molecule has 0 saturated carbocycles. The number of rotatable bonds is 5. The molecule has 0 bridgehead atoms. The van der Waals surface area contributed by atoms with Gasteiger partial charge in [0.05, 0.1) is 27.9 Å². The van der Waals surface area contributed by atoms with Crippen LogP contribution in [0.5, 0.6) is 17.2 Å². The van der Waals surface area contributed by atoms with Crippen molar-refractivity contribution in [2.24, 2.45) is 0 Å². The Kier molecular flexibility index (Phi) is 5.85. The number of fused-ring (bicyclic) bond motifs is 1. The van der Waals surface area contributed by atoms with Crippen LogP contribution >= 0.6 is 11.3 Å². The van der Waals surface area contributed by atoms with E-state index in [9.17, 15) is 0 Å². The van der Waals surface area contributed by atoms with Gasteiger partial charge in [0.15, 0.2) is 17.3 Å². The van der Waals surface area contributed by atoms with Crippen molar-refractivity contribution in [2.75, 3.05) is 59.5 Å². The molecule has 2 aromatic heterocycles. The van der Waals surface area contributed by atoms with Crippen LogP contribution in [0, 0.1) is 13.5 Å². The zero-order chi connectivity index (χ0) is 22.1. The number of thiophene rings is 1. The van der Waals surface area contributed by atoms with Crippen LogP contribution < -0.4 is 19.1 Å². The molecule has 0 radical (unpaired) electrons. The summed E-state index contributed by atoms with van der Waals surface area (Å²) in [7, 11) is 6.88. The van der Waals surface area contributed by atoms with Crippen LogP contribution in [0.15, 0.2) is 12.1 Å². The van der Waals surface area contributed by atoms with Gasteiger partial charge >= 0.3 is 0 Å². The number of benzene rings is 1. The summed E-state index contributed by atoms with van der Waals surface area (Å²) in [5.41, 5.74) is 1.71. The third-order valence-corrected chi connectivity index (χ3v) is 6.65. The maximum atomic E-state index is 7.55. The maximum Gasteiger partial charge on any atom is 0.246 e. The molecule has 162 valence electrons. The van der Waals surface area contributed by atoms with Gasteiger partial charge in [0.1, 0.15) is 10.6 Å². The van der Waals surface area contributed by atoms with Crippen LogP contribution in [-0.2, 0) is 0 Å². The molecule has 0 amide bonds. The average Bonchev–Trinajstić information content (AvgIpc) is 3.13. The van der Waals surface area contributed by atoms with Crippen LogP contribution in [0.25, 0.3) is 26.4 Å². The predicted molar refractivity (Wildman–Crippen MR) is 123 cm³/mol. The van der Waals surface area contributed by atoms with Crippen molar-refractivity contribution in [3.05, 3.63) is 29.1 Å². The van der Waals surface area contributed by atoms with Gasteiger partial charge in [-0.3, -0.25) is 0 Å². The Bertz CT molecular complexity index is 1140. The monoisotopic (exact) mass is 439 g/mol. The number of aryl methyl sites for hydroxylation is 1. The standard InChI is InChI=1S/C22H25N5O3S/c1-13-17-20(27-9-7-26(3)8-10-27)24-19(25-22(17)31-21(13)23-2)14-11-15(28-4)18(30-6)16(12-14)29-5/h11-12H,7-10H2,1,3-6H3. The van der Waals surface area contributed by atoms with Gasteiger partial charge in [-0.25, -0.2) is 14.8 Å². The smallest absolute Gasteiger partial charge is 0.246 e. The zero-order valence-electron chi connectivity index (χ0n) is 18.4. The van der Waals surface area contributed by atoms with Crippen molar-refractivity contribution < 1.29 is 14.2 Å². The summed E-state index contributed by atoms with van der Waals surface area (Å²) in [5.74, 6) is 3.07. The largest absolute Gasteiger partial charge is 0.493 e. The molecular weight excluding hydrogens is 414 g/mol. The molecule has 1 aromatic carbocycles. The SMILES string of the molecule is [C-]#[N+]c1sc2nc(-c3cc(OC)c(OC)c(OC)c3)nc(N3CCN(C)CC3)c2c1C. The van der Waals surface area contributed by atoms with E-state index in [-0.39, 0.29) is 0 Å². The van der Waals surface area contributed by atoms with Gasteiger partial charge in [-0.15, -0.1) is 11.3 Å². The van der Waals surface area contributed by atoms with Gasteiger partial charge in [-0.1, -0.05) is 0 Å². The molecule has 0 N–H and O–H groups in total. The summed E-state index contributed by atoms with van der Waals surface area (Å²) in [4.78, 5) is 18.9. The molecule has 1 saturated heterocycles. The Morgan fingerprint density at radius 2 is 1.65 bits per heavy atom. The normalized spacial score (nSPS) is 14.5. The molecule has 1 aliphatic rings. The first-order valence-corrected chi connectivity index (χ1v) is 10.7. The number of anilines is 1. The van der Waals surface area contributed by atoms with Crippen molar-refractivity contribution in [1.82, 2.24) is 14.9 Å². The Hall–Kier alpha value is -3.09. The number of piperazine rings is 1. The number of hydrogen-bond donors (Lipinski definition) is 0. The van der Waals surface area contributed by atoms with Crippen molar-refractivity contribution >= 4 is 32.4 Å². The summed E-state index contributed by atoms with van der Waals surface area (Å²) in [6.07, 6.45) is 0. The lowest BCUT2D eigenvalue weighted by molar-refractivity contribution is 0.312. The van der Waals surface area contributed by atoms with Gasteiger partial charge < -0.3 is 24.0 Å². The minimum absolute atomic E-state index is 0.524. The second kappa shape index (κ2) is 8.57. The fourth-order valence-electron chi connectivity index (χ4n) is 3.80. The molecule has 3 aromatic rings. The van der Waals surface area contributed by atoms with Crippen LogP contribution in [0.2, 0.25) is 0 Å². The van der Waals surface area contributed by atoms with Crippen molar-refractivity contribution in [3.8, 4) is 28.6 Å². The predicted octanol–water partition coefficient (Wildman–Crippen LogP) is 4.00. The number of hydrogen-bond acceptors (Lipinski definition) is 8. The molecule has 31 heavy (non-hydrogen) atoms. The topological polar surface area (TPSA) is 64.3 Å². The Morgan fingerprint density at radius 3 is 2.19 bits per heavy atom. The summed E-state index contributed by atoms with van der Waals surface area (Å²) in [6, 6.07) is 3.71. The number of aromatic nitrogens is 2.